The minimum absolute atomic E-state index is 0.161. The maximum Gasteiger partial charge on any atom is 0.203 e. The number of methoxy groups -OCH3 is 2. The molecule has 0 aliphatic rings. The van der Waals surface area contributed by atoms with Gasteiger partial charge in [-0.3, -0.25) is 0 Å². The zero-order chi connectivity index (χ0) is 15.8. The van der Waals surface area contributed by atoms with Gasteiger partial charge in [0, 0.05) is 6.61 Å². The molecular formula is C18H22O4. The molecule has 0 aliphatic heterocycles. The summed E-state index contributed by atoms with van der Waals surface area (Å²) >= 11 is 0. The van der Waals surface area contributed by atoms with Crippen LogP contribution in [0.5, 0.6) is 17.2 Å². The van der Waals surface area contributed by atoms with Crippen LogP contribution in [0, 0.1) is 0 Å². The molecule has 0 bridgehead atoms. The number of hydrogen-bond donors (Lipinski definition) is 1. The smallest absolute Gasteiger partial charge is 0.203 e. The quantitative estimate of drug-likeness (QED) is 0.813. The number of hydrogen-bond acceptors (Lipinski definition) is 4. The molecule has 0 fully saturated rings. The van der Waals surface area contributed by atoms with Gasteiger partial charge in [0.2, 0.25) is 5.75 Å². The molecule has 1 N–H and O–H groups in total. The fourth-order valence-corrected chi connectivity index (χ4v) is 2.25. The van der Waals surface area contributed by atoms with Crippen molar-refractivity contribution in [2.45, 2.75) is 19.4 Å². The van der Waals surface area contributed by atoms with Gasteiger partial charge in [-0.05, 0) is 36.1 Å². The summed E-state index contributed by atoms with van der Waals surface area (Å²) in [6.45, 7) is 0.623. The van der Waals surface area contributed by atoms with Crippen molar-refractivity contribution in [1.82, 2.24) is 0 Å². The van der Waals surface area contributed by atoms with E-state index in [4.69, 9.17) is 19.3 Å². The highest BCUT2D eigenvalue weighted by Crippen LogP contribution is 2.39. The largest absolute Gasteiger partial charge is 0.493 e. The zero-order valence-corrected chi connectivity index (χ0v) is 13.0. The van der Waals surface area contributed by atoms with Gasteiger partial charge in [-0.25, -0.2) is 0 Å². The van der Waals surface area contributed by atoms with Gasteiger partial charge >= 0.3 is 0 Å². The summed E-state index contributed by atoms with van der Waals surface area (Å²) in [5.41, 5.74) is 2.14. The monoisotopic (exact) mass is 302 g/mol. The Labute approximate surface area is 131 Å². The summed E-state index contributed by atoms with van der Waals surface area (Å²) in [4.78, 5) is 0. The van der Waals surface area contributed by atoms with Gasteiger partial charge in [0.15, 0.2) is 11.5 Å². The highest BCUT2D eigenvalue weighted by Gasteiger charge is 2.14. The molecule has 4 nitrogen and oxygen atoms in total. The third kappa shape index (κ3) is 4.15. The second-order valence-corrected chi connectivity index (χ2v) is 4.93. The highest BCUT2D eigenvalue weighted by atomic mass is 16.5. The Bertz CT molecular complexity index is 581. The van der Waals surface area contributed by atoms with E-state index in [1.54, 1.807) is 14.2 Å². The predicted octanol–water partition coefficient (Wildman–Crippen LogP) is 3.21. The molecular weight excluding hydrogens is 280 g/mol. The molecule has 2 aromatic carbocycles. The standard InChI is InChI=1S/C18H22O4/c1-20-16-11-15(9-6-10-19)12-17(18(16)21-2)22-13-14-7-4-3-5-8-14/h3-5,7-8,11-12,19H,6,9-10,13H2,1-2H3. The third-order valence-electron chi connectivity index (χ3n) is 3.37. The molecule has 0 saturated carbocycles. The van der Waals surface area contributed by atoms with Crippen LogP contribution in [0.4, 0.5) is 0 Å². The van der Waals surface area contributed by atoms with Crippen molar-refractivity contribution in [1.29, 1.82) is 0 Å². The number of rotatable bonds is 8. The van der Waals surface area contributed by atoms with Gasteiger partial charge in [-0.1, -0.05) is 30.3 Å². The number of aliphatic hydroxyl groups excluding tert-OH is 1. The molecule has 0 heterocycles. The molecule has 0 spiro atoms. The fourth-order valence-electron chi connectivity index (χ4n) is 2.25. The first-order valence-corrected chi connectivity index (χ1v) is 7.31. The number of benzene rings is 2. The number of ether oxygens (including phenoxy) is 3. The maximum absolute atomic E-state index is 8.99. The van der Waals surface area contributed by atoms with Crippen LogP contribution in [0.1, 0.15) is 17.5 Å². The second kappa shape index (κ2) is 8.29. The van der Waals surface area contributed by atoms with Crippen LogP contribution in [-0.4, -0.2) is 25.9 Å². The van der Waals surface area contributed by atoms with E-state index in [0.29, 0.717) is 30.3 Å². The van der Waals surface area contributed by atoms with Crippen molar-refractivity contribution in [3.63, 3.8) is 0 Å². The molecule has 2 rings (SSSR count). The molecule has 2 aromatic rings. The van der Waals surface area contributed by atoms with E-state index in [1.807, 2.05) is 42.5 Å². The van der Waals surface area contributed by atoms with Gasteiger partial charge in [0.1, 0.15) is 6.61 Å². The molecule has 0 aromatic heterocycles. The maximum atomic E-state index is 8.99. The van der Waals surface area contributed by atoms with Crippen LogP contribution in [0.15, 0.2) is 42.5 Å². The Morgan fingerprint density at radius 1 is 0.909 bits per heavy atom. The van der Waals surface area contributed by atoms with Crippen molar-refractivity contribution < 1.29 is 19.3 Å². The summed E-state index contributed by atoms with van der Waals surface area (Å²) in [6.07, 6.45) is 1.46. The van der Waals surface area contributed by atoms with Gasteiger partial charge in [0.25, 0.3) is 0 Å². The lowest BCUT2D eigenvalue weighted by Gasteiger charge is -2.16. The summed E-state index contributed by atoms with van der Waals surface area (Å²) in [7, 11) is 3.20. The predicted molar refractivity (Wildman–Crippen MR) is 85.7 cm³/mol. The Kier molecular flexibility index (Phi) is 6.10. The van der Waals surface area contributed by atoms with Crippen molar-refractivity contribution in [3.8, 4) is 17.2 Å². The van der Waals surface area contributed by atoms with Crippen molar-refractivity contribution in [2.75, 3.05) is 20.8 Å². The normalized spacial score (nSPS) is 10.3. The van der Waals surface area contributed by atoms with Crippen LogP contribution in [-0.2, 0) is 13.0 Å². The average Bonchev–Trinajstić information content (AvgIpc) is 2.58. The second-order valence-electron chi connectivity index (χ2n) is 4.93. The lowest BCUT2D eigenvalue weighted by molar-refractivity contribution is 0.274. The van der Waals surface area contributed by atoms with Crippen LogP contribution in [0.3, 0.4) is 0 Å². The van der Waals surface area contributed by atoms with E-state index in [9.17, 15) is 0 Å². The molecule has 4 heteroatoms. The van der Waals surface area contributed by atoms with Crippen LogP contribution >= 0.6 is 0 Å². The highest BCUT2D eigenvalue weighted by molar-refractivity contribution is 5.54. The lowest BCUT2D eigenvalue weighted by atomic mass is 10.1. The zero-order valence-electron chi connectivity index (χ0n) is 13.0. The first-order chi connectivity index (χ1) is 10.8. The van der Waals surface area contributed by atoms with E-state index >= 15 is 0 Å². The van der Waals surface area contributed by atoms with Gasteiger partial charge in [0.05, 0.1) is 14.2 Å². The summed E-state index contributed by atoms with van der Waals surface area (Å²) in [5.74, 6) is 1.88. The molecule has 0 saturated heterocycles. The molecule has 0 aliphatic carbocycles. The minimum Gasteiger partial charge on any atom is -0.493 e. The number of aliphatic hydroxyl groups is 1. The Balaban J connectivity index is 2.22. The molecule has 22 heavy (non-hydrogen) atoms. The van der Waals surface area contributed by atoms with E-state index in [-0.39, 0.29) is 6.61 Å². The molecule has 0 radical (unpaired) electrons. The van der Waals surface area contributed by atoms with Crippen LogP contribution < -0.4 is 14.2 Å². The third-order valence-corrected chi connectivity index (χ3v) is 3.37. The Morgan fingerprint density at radius 2 is 1.64 bits per heavy atom. The van der Waals surface area contributed by atoms with E-state index < -0.39 is 0 Å². The summed E-state index contributed by atoms with van der Waals surface area (Å²) in [5, 5.41) is 8.99. The van der Waals surface area contributed by atoms with Crippen LogP contribution in [0.25, 0.3) is 0 Å². The van der Waals surface area contributed by atoms with Crippen LogP contribution in [0.2, 0.25) is 0 Å². The van der Waals surface area contributed by atoms with Crippen molar-refractivity contribution in [2.24, 2.45) is 0 Å². The molecule has 118 valence electrons. The SMILES string of the molecule is COc1cc(CCCO)cc(OCc2ccccc2)c1OC. The molecule has 0 atom stereocenters. The van der Waals surface area contributed by atoms with Crippen molar-refractivity contribution in [3.05, 3.63) is 53.6 Å². The van der Waals surface area contributed by atoms with Crippen molar-refractivity contribution >= 4 is 0 Å². The number of aryl methyl sites for hydroxylation is 1. The van der Waals surface area contributed by atoms with E-state index in [1.165, 1.54) is 0 Å². The Hall–Kier alpha value is -2.20. The molecule has 0 amide bonds. The first kappa shape index (κ1) is 16.2. The van der Waals surface area contributed by atoms with Gasteiger partial charge in [-0.15, -0.1) is 0 Å². The summed E-state index contributed by atoms with van der Waals surface area (Å²) < 4.78 is 16.7. The van der Waals surface area contributed by atoms with E-state index in [0.717, 1.165) is 17.5 Å². The average molecular weight is 302 g/mol. The Morgan fingerprint density at radius 3 is 2.27 bits per heavy atom. The topological polar surface area (TPSA) is 47.9 Å². The molecule has 0 unspecified atom stereocenters. The van der Waals surface area contributed by atoms with Gasteiger partial charge in [-0.2, -0.15) is 0 Å². The fraction of sp³-hybridized carbons (Fsp3) is 0.333. The lowest BCUT2D eigenvalue weighted by Crippen LogP contribution is -2.01. The van der Waals surface area contributed by atoms with Gasteiger partial charge < -0.3 is 19.3 Å². The van der Waals surface area contributed by atoms with E-state index in [2.05, 4.69) is 0 Å². The minimum atomic E-state index is 0.161. The summed E-state index contributed by atoms with van der Waals surface area (Å²) in [6, 6.07) is 13.8. The first-order valence-electron chi connectivity index (χ1n) is 7.31.